The Morgan fingerprint density at radius 2 is 1.26 bits per heavy atom. The minimum absolute atomic E-state index is 0.134. The highest BCUT2D eigenvalue weighted by Crippen LogP contribution is 2.27. The smallest absolute Gasteiger partial charge is 0.144 e. The van der Waals surface area contributed by atoms with E-state index in [1.54, 1.807) is 0 Å². The van der Waals surface area contributed by atoms with Crippen molar-refractivity contribution in [3.8, 4) is 0 Å². The molecule has 2 rings (SSSR count). The van der Waals surface area contributed by atoms with E-state index >= 15 is 0 Å². The molecule has 0 aliphatic carbocycles. The summed E-state index contributed by atoms with van der Waals surface area (Å²) in [6.45, 7) is 4.18. The lowest BCUT2D eigenvalue weighted by Gasteiger charge is -2.18. The average Bonchev–Trinajstić information content (AvgIpc) is 2.40. The summed E-state index contributed by atoms with van der Waals surface area (Å²) < 4.78 is 0. The quantitative estimate of drug-likeness (QED) is 0.769. The van der Waals surface area contributed by atoms with E-state index in [0.29, 0.717) is 18.1 Å². The fourth-order valence-corrected chi connectivity index (χ4v) is 2.38. The van der Waals surface area contributed by atoms with Gasteiger partial charge in [0.1, 0.15) is 5.78 Å². The number of carbonyl (C=O) groups excluding carboxylic acids is 1. The molecule has 19 heavy (non-hydrogen) atoms. The predicted octanol–water partition coefficient (Wildman–Crippen LogP) is 4.43. The first-order valence-electron chi connectivity index (χ1n) is 6.81. The van der Waals surface area contributed by atoms with Crippen molar-refractivity contribution >= 4 is 5.78 Å². The molecule has 0 aliphatic heterocycles. The van der Waals surface area contributed by atoms with Crippen LogP contribution in [0.1, 0.15) is 37.3 Å². The third-order valence-corrected chi connectivity index (χ3v) is 3.20. The van der Waals surface area contributed by atoms with Gasteiger partial charge in [-0.2, -0.15) is 0 Å². The van der Waals surface area contributed by atoms with Gasteiger partial charge in [0.25, 0.3) is 0 Å². The molecule has 1 nitrogen and oxygen atoms in total. The standard InChI is InChI=1S/C18H20O/c1-14(2)13-17(19)18(15-9-5-3-6-10-15)16-11-7-4-8-12-16/h3-12,14,18H,13H2,1-2H3. The van der Waals surface area contributed by atoms with Gasteiger partial charge in [-0.25, -0.2) is 0 Å². The van der Waals surface area contributed by atoms with E-state index in [9.17, 15) is 4.79 Å². The van der Waals surface area contributed by atoms with E-state index in [4.69, 9.17) is 0 Å². The van der Waals surface area contributed by atoms with Gasteiger partial charge >= 0.3 is 0 Å². The van der Waals surface area contributed by atoms with Crippen LogP contribution >= 0.6 is 0 Å². The number of benzene rings is 2. The molecule has 0 atom stereocenters. The lowest BCUT2D eigenvalue weighted by molar-refractivity contribution is -0.120. The first kappa shape index (κ1) is 13.5. The number of hydrogen-bond donors (Lipinski definition) is 0. The van der Waals surface area contributed by atoms with Crippen LogP contribution in [0.4, 0.5) is 0 Å². The number of rotatable bonds is 5. The fourth-order valence-electron chi connectivity index (χ4n) is 2.38. The van der Waals surface area contributed by atoms with Crippen LogP contribution in [0.15, 0.2) is 60.7 Å². The molecular formula is C18H20O. The first-order valence-corrected chi connectivity index (χ1v) is 6.81. The van der Waals surface area contributed by atoms with Crippen molar-refractivity contribution in [2.45, 2.75) is 26.2 Å². The fraction of sp³-hybridized carbons (Fsp3) is 0.278. The largest absolute Gasteiger partial charge is 0.299 e. The third kappa shape index (κ3) is 3.54. The molecule has 98 valence electrons. The van der Waals surface area contributed by atoms with E-state index in [2.05, 4.69) is 13.8 Å². The first-order chi connectivity index (χ1) is 9.18. The Morgan fingerprint density at radius 3 is 1.63 bits per heavy atom. The molecule has 0 radical (unpaired) electrons. The van der Waals surface area contributed by atoms with Gasteiger partial charge in [-0.3, -0.25) is 4.79 Å². The van der Waals surface area contributed by atoms with Crippen LogP contribution in [0.2, 0.25) is 0 Å². The summed E-state index contributed by atoms with van der Waals surface area (Å²) in [5.74, 6) is 0.555. The Kier molecular flexibility index (Phi) is 4.51. The topological polar surface area (TPSA) is 17.1 Å². The third-order valence-electron chi connectivity index (χ3n) is 3.20. The van der Waals surface area contributed by atoms with Crippen LogP contribution < -0.4 is 0 Å². The Hall–Kier alpha value is -1.89. The minimum atomic E-state index is -0.134. The maximum Gasteiger partial charge on any atom is 0.144 e. The lowest BCUT2D eigenvalue weighted by Crippen LogP contribution is -2.16. The highest BCUT2D eigenvalue weighted by molar-refractivity contribution is 5.89. The summed E-state index contributed by atoms with van der Waals surface area (Å²) in [6.07, 6.45) is 0.619. The molecule has 0 saturated carbocycles. The Labute approximate surface area is 115 Å². The number of carbonyl (C=O) groups is 1. The molecule has 0 spiro atoms. The summed E-state index contributed by atoms with van der Waals surface area (Å²) in [6, 6.07) is 20.1. The molecule has 0 bridgehead atoms. The van der Waals surface area contributed by atoms with Crippen LogP contribution in [0.3, 0.4) is 0 Å². The molecule has 0 aromatic heterocycles. The van der Waals surface area contributed by atoms with Crippen molar-refractivity contribution in [1.29, 1.82) is 0 Å². The monoisotopic (exact) mass is 252 g/mol. The summed E-state index contributed by atoms with van der Waals surface area (Å²) in [7, 11) is 0. The number of Topliss-reactive ketones (excluding diaryl/α,β-unsaturated/α-hetero) is 1. The van der Waals surface area contributed by atoms with Gasteiger partial charge in [0, 0.05) is 6.42 Å². The van der Waals surface area contributed by atoms with Gasteiger partial charge in [0.15, 0.2) is 0 Å². The van der Waals surface area contributed by atoms with Gasteiger partial charge in [-0.15, -0.1) is 0 Å². The van der Waals surface area contributed by atoms with Crippen molar-refractivity contribution in [1.82, 2.24) is 0 Å². The Morgan fingerprint density at radius 1 is 0.842 bits per heavy atom. The van der Waals surface area contributed by atoms with Gasteiger partial charge in [-0.05, 0) is 17.0 Å². The number of ketones is 1. The number of hydrogen-bond acceptors (Lipinski definition) is 1. The molecule has 1 heteroatoms. The maximum absolute atomic E-state index is 12.6. The second-order valence-electron chi connectivity index (χ2n) is 5.32. The van der Waals surface area contributed by atoms with E-state index in [1.165, 1.54) is 0 Å². The van der Waals surface area contributed by atoms with Gasteiger partial charge in [0.2, 0.25) is 0 Å². The van der Waals surface area contributed by atoms with E-state index in [1.807, 2.05) is 60.7 Å². The van der Waals surface area contributed by atoms with E-state index < -0.39 is 0 Å². The molecule has 0 amide bonds. The normalized spacial score (nSPS) is 10.9. The Bertz CT molecular complexity index is 474. The minimum Gasteiger partial charge on any atom is -0.299 e. The van der Waals surface area contributed by atoms with Crippen molar-refractivity contribution < 1.29 is 4.79 Å². The van der Waals surface area contributed by atoms with Crippen LogP contribution in [0, 0.1) is 5.92 Å². The van der Waals surface area contributed by atoms with Gasteiger partial charge in [-0.1, -0.05) is 74.5 Å². The van der Waals surface area contributed by atoms with Crippen LogP contribution in [-0.4, -0.2) is 5.78 Å². The second-order valence-corrected chi connectivity index (χ2v) is 5.32. The zero-order chi connectivity index (χ0) is 13.7. The molecule has 0 heterocycles. The lowest BCUT2D eigenvalue weighted by atomic mass is 9.84. The SMILES string of the molecule is CC(C)CC(=O)C(c1ccccc1)c1ccccc1. The van der Waals surface area contributed by atoms with Gasteiger partial charge in [0.05, 0.1) is 5.92 Å². The predicted molar refractivity (Wildman–Crippen MR) is 79.2 cm³/mol. The van der Waals surface area contributed by atoms with Gasteiger partial charge < -0.3 is 0 Å². The highest BCUT2D eigenvalue weighted by Gasteiger charge is 2.22. The maximum atomic E-state index is 12.6. The van der Waals surface area contributed by atoms with Crippen molar-refractivity contribution in [3.63, 3.8) is 0 Å². The summed E-state index contributed by atoms with van der Waals surface area (Å²) >= 11 is 0. The van der Waals surface area contributed by atoms with Crippen LogP contribution in [0.5, 0.6) is 0 Å². The highest BCUT2D eigenvalue weighted by atomic mass is 16.1. The van der Waals surface area contributed by atoms with Crippen LogP contribution in [-0.2, 0) is 4.79 Å². The molecule has 0 fully saturated rings. The van der Waals surface area contributed by atoms with Crippen molar-refractivity contribution in [2.24, 2.45) is 5.92 Å². The molecule has 0 aliphatic rings. The molecule has 0 saturated heterocycles. The molecule has 0 N–H and O–H groups in total. The van der Waals surface area contributed by atoms with Crippen molar-refractivity contribution in [3.05, 3.63) is 71.8 Å². The Balaban J connectivity index is 2.37. The average molecular weight is 252 g/mol. The molecular weight excluding hydrogens is 232 g/mol. The second kappa shape index (κ2) is 6.33. The van der Waals surface area contributed by atoms with Crippen molar-refractivity contribution in [2.75, 3.05) is 0 Å². The molecule has 2 aromatic rings. The molecule has 0 unspecified atom stereocenters. The summed E-state index contributed by atoms with van der Waals surface area (Å²) in [5, 5.41) is 0. The zero-order valence-corrected chi connectivity index (χ0v) is 11.5. The molecule has 2 aromatic carbocycles. The zero-order valence-electron chi connectivity index (χ0n) is 11.5. The van der Waals surface area contributed by atoms with E-state index in [0.717, 1.165) is 11.1 Å². The summed E-state index contributed by atoms with van der Waals surface area (Å²) in [4.78, 5) is 12.6. The van der Waals surface area contributed by atoms with E-state index in [-0.39, 0.29) is 5.92 Å². The van der Waals surface area contributed by atoms with Crippen LogP contribution in [0.25, 0.3) is 0 Å². The summed E-state index contributed by atoms with van der Waals surface area (Å²) in [5.41, 5.74) is 2.17.